The number of benzene rings is 1. The van der Waals surface area contributed by atoms with E-state index in [0.29, 0.717) is 18.1 Å². The van der Waals surface area contributed by atoms with Crippen LogP contribution in [-0.4, -0.2) is 17.4 Å². The van der Waals surface area contributed by atoms with Crippen LogP contribution in [0.5, 0.6) is 5.75 Å². The van der Waals surface area contributed by atoms with Crippen LogP contribution in [0.4, 0.5) is 0 Å². The molecule has 106 valence electrons. The van der Waals surface area contributed by atoms with Gasteiger partial charge in [0.15, 0.2) is 5.78 Å². The van der Waals surface area contributed by atoms with Gasteiger partial charge in [-0.15, -0.1) is 11.3 Å². The largest absolute Gasteiger partial charge is 0.493 e. The van der Waals surface area contributed by atoms with E-state index >= 15 is 0 Å². The van der Waals surface area contributed by atoms with E-state index in [2.05, 4.69) is 4.98 Å². The van der Waals surface area contributed by atoms with E-state index in [1.807, 2.05) is 32.0 Å². The highest BCUT2D eigenvalue weighted by molar-refractivity contribution is 7.13. The first-order valence-corrected chi connectivity index (χ1v) is 7.53. The Hall–Kier alpha value is -1.39. The number of hydrogen-bond acceptors (Lipinski definition) is 4. The van der Waals surface area contributed by atoms with E-state index in [-0.39, 0.29) is 5.78 Å². The maximum absolute atomic E-state index is 11.4. The molecule has 0 bridgehead atoms. The van der Waals surface area contributed by atoms with Gasteiger partial charge in [0.05, 0.1) is 22.2 Å². The minimum Gasteiger partial charge on any atom is -0.493 e. The molecule has 0 aliphatic rings. The summed E-state index contributed by atoms with van der Waals surface area (Å²) in [5.41, 5.74) is 1.82. The van der Waals surface area contributed by atoms with E-state index in [4.69, 9.17) is 16.3 Å². The van der Waals surface area contributed by atoms with Gasteiger partial charge in [0, 0.05) is 18.4 Å². The topological polar surface area (TPSA) is 39.2 Å². The highest BCUT2D eigenvalue weighted by atomic mass is 35.5. The van der Waals surface area contributed by atoms with Gasteiger partial charge < -0.3 is 4.74 Å². The van der Waals surface area contributed by atoms with Gasteiger partial charge in [-0.25, -0.2) is 4.98 Å². The van der Waals surface area contributed by atoms with Crippen LogP contribution in [-0.2, 0) is 6.42 Å². The fourth-order valence-corrected chi connectivity index (χ4v) is 3.08. The lowest BCUT2D eigenvalue weighted by Gasteiger charge is -2.08. The number of rotatable bonds is 5. The van der Waals surface area contributed by atoms with Crippen LogP contribution in [0.2, 0.25) is 5.02 Å². The van der Waals surface area contributed by atoms with Crippen molar-refractivity contribution in [1.82, 2.24) is 4.98 Å². The minimum atomic E-state index is 0.0701. The van der Waals surface area contributed by atoms with Crippen molar-refractivity contribution < 1.29 is 9.53 Å². The Morgan fingerprint density at radius 3 is 2.75 bits per heavy atom. The first kappa shape index (κ1) is 15.0. The van der Waals surface area contributed by atoms with Gasteiger partial charge >= 0.3 is 0 Å². The second-order valence-electron chi connectivity index (χ2n) is 4.59. The summed E-state index contributed by atoms with van der Waals surface area (Å²) < 4.78 is 5.73. The van der Waals surface area contributed by atoms with E-state index in [1.54, 1.807) is 6.92 Å². The summed E-state index contributed by atoms with van der Waals surface area (Å²) in [4.78, 5) is 16.5. The van der Waals surface area contributed by atoms with Crippen molar-refractivity contribution in [2.75, 3.05) is 6.61 Å². The van der Waals surface area contributed by atoms with Crippen molar-refractivity contribution in [3.05, 3.63) is 44.4 Å². The molecule has 5 heteroatoms. The SMILES string of the molecule is CC(=O)c1sc(CCOc2ccc(Cl)cc2C)nc1C. The molecule has 2 aromatic rings. The molecule has 0 saturated carbocycles. The Balaban J connectivity index is 1.96. The van der Waals surface area contributed by atoms with Crippen molar-refractivity contribution >= 4 is 28.7 Å². The number of nitrogens with zero attached hydrogens (tertiary/aromatic N) is 1. The molecule has 0 unspecified atom stereocenters. The quantitative estimate of drug-likeness (QED) is 0.776. The van der Waals surface area contributed by atoms with Crippen LogP contribution in [0.15, 0.2) is 18.2 Å². The van der Waals surface area contributed by atoms with E-state index in [0.717, 1.165) is 26.9 Å². The van der Waals surface area contributed by atoms with Crippen molar-refractivity contribution in [3.8, 4) is 5.75 Å². The first-order chi connectivity index (χ1) is 9.47. The lowest BCUT2D eigenvalue weighted by Crippen LogP contribution is -2.02. The molecular weight excluding hydrogens is 294 g/mol. The number of aromatic nitrogens is 1. The maximum atomic E-state index is 11.4. The van der Waals surface area contributed by atoms with Crippen LogP contribution in [0.1, 0.15) is 32.9 Å². The molecule has 0 spiro atoms. The van der Waals surface area contributed by atoms with Crippen LogP contribution >= 0.6 is 22.9 Å². The van der Waals surface area contributed by atoms with E-state index < -0.39 is 0 Å². The molecule has 0 N–H and O–H groups in total. The highest BCUT2D eigenvalue weighted by Gasteiger charge is 2.11. The molecule has 0 radical (unpaired) electrons. The number of hydrogen-bond donors (Lipinski definition) is 0. The number of halogens is 1. The monoisotopic (exact) mass is 309 g/mol. The van der Waals surface area contributed by atoms with Crippen LogP contribution in [0.25, 0.3) is 0 Å². The molecule has 1 aromatic carbocycles. The molecule has 1 aromatic heterocycles. The number of thiazole rings is 1. The molecule has 0 aliphatic heterocycles. The number of aryl methyl sites for hydroxylation is 2. The smallest absolute Gasteiger partial charge is 0.171 e. The predicted octanol–water partition coefficient (Wildman–Crippen LogP) is 4.24. The third-order valence-electron chi connectivity index (χ3n) is 2.87. The van der Waals surface area contributed by atoms with Gasteiger partial charge in [-0.1, -0.05) is 11.6 Å². The summed E-state index contributed by atoms with van der Waals surface area (Å²) in [5.74, 6) is 0.898. The van der Waals surface area contributed by atoms with Crippen molar-refractivity contribution in [3.63, 3.8) is 0 Å². The predicted molar refractivity (Wildman–Crippen MR) is 82.2 cm³/mol. The molecule has 2 rings (SSSR count). The third-order valence-corrected chi connectivity index (χ3v) is 4.42. The Morgan fingerprint density at radius 2 is 2.15 bits per heavy atom. The Morgan fingerprint density at radius 1 is 1.40 bits per heavy atom. The molecule has 0 amide bonds. The van der Waals surface area contributed by atoms with Crippen molar-refractivity contribution in [2.24, 2.45) is 0 Å². The van der Waals surface area contributed by atoms with Gasteiger partial charge in [-0.2, -0.15) is 0 Å². The first-order valence-electron chi connectivity index (χ1n) is 6.33. The van der Waals surface area contributed by atoms with Gasteiger partial charge in [0.2, 0.25) is 0 Å². The molecule has 1 heterocycles. The van der Waals surface area contributed by atoms with Gasteiger partial charge in [-0.05, 0) is 37.6 Å². The third kappa shape index (κ3) is 3.58. The van der Waals surface area contributed by atoms with E-state index in [9.17, 15) is 4.79 Å². The lowest BCUT2D eigenvalue weighted by atomic mass is 10.2. The number of ketones is 1. The average molecular weight is 310 g/mol. The zero-order valence-corrected chi connectivity index (χ0v) is 13.3. The fourth-order valence-electron chi connectivity index (χ4n) is 1.91. The second kappa shape index (κ2) is 6.37. The number of ether oxygens (including phenoxy) is 1. The molecular formula is C15H16ClNO2S. The second-order valence-corrected chi connectivity index (χ2v) is 6.11. The highest BCUT2D eigenvalue weighted by Crippen LogP contribution is 2.23. The zero-order valence-electron chi connectivity index (χ0n) is 11.7. The normalized spacial score (nSPS) is 10.6. The fraction of sp³-hybridized carbons (Fsp3) is 0.333. The number of carbonyl (C=O) groups excluding carboxylic acids is 1. The van der Waals surface area contributed by atoms with Crippen LogP contribution < -0.4 is 4.74 Å². The maximum Gasteiger partial charge on any atom is 0.171 e. The Labute approximate surface area is 127 Å². The van der Waals surface area contributed by atoms with Crippen molar-refractivity contribution in [1.29, 1.82) is 0 Å². The molecule has 0 aliphatic carbocycles. The van der Waals surface area contributed by atoms with Gasteiger partial charge in [-0.3, -0.25) is 4.79 Å². The van der Waals surface area contributed by atoms with Gasteiger partial charge in [0.25, 0.3) is 0 Å². The Bertz CT molecular complexity index is 637. The summed E-state index contributed by atoms with van der Waals surface area (Å²) in [6.45, 7) is 5.92. The summed E-state index contributed by atoms with van der Waals surface area (Å²) in [6, 6.07) is 5.55. The van der Waals surface area contributed by atoms with Crippen molar-refractivity contribution in [2.45, 2.75) is 27.2 Å². The van der Waals surface area contributed by atoms with Crippen LogP contribution in [0, 0.1) is 13.8 Å². The summed E-state index contributed by atoms with van der Waals surface area (Å²) >= 11 is 7.35. The zero-order chi connectivity index (χ0) is 14.7. The van der Waals surface area contributed by atoms with Crippen LogP contribution in [0.3, 0.4) is 0 Å². The standard InChI is InChI=1S/C15H16ClNO2S/c1-9-8-12(16)4-5-13(9)19-7-6-14-17-10(2)15(20-14)11(3)18/h4-5,8H,6-7H2,1-3H3. The molecule has 0 fully saturated rings. The number of Topliss-reactive ketones (excluding diaryl/α,β-unsaturated/α-hetero) is 1. The summed E-state index contributed by atoms with van der Waals surface area (Å²) in [6.07, 6.45) is 0.695. The molecule has 20 heavy (non-hydrogen) atoms. The van der Waals surface area contributed by atoms with E-state index in [1.165, 1.54) is 11.3 Å². The summed E-state index contributed by atoms with van der Waals surface area (Å²) in [7, 11) is 0. The lowest BCUT2D eigenvalue weighted by molar-refractivity contribution is 0.102. The number of carbonyl (C=O) groups is 1. The molecule has 3 nitrogen and oxygen atoms in total. The summed E-state index contributed by atoms with van der Waals surface area (Å²) in [5, 5.41) is 1.64. The minimum absolute atomic E-state index is 0.0701. The average Bonchev–Trinajstić information content (AvgIpc) is 2.73. The molecule has 0 saturated heterocycles. The Kier molecular flexibility index (Phi) is 4.78. The molecule has 0 atom stereocenters. The van der Waals surface area contributed by atoms with Gasteiger partial charge in [0.1, 0.15) is 5.75 Å².